The molecule has 0 saturated heterocycles. The summed E-state index contributed by atoms with van der Waals surface area (Å²) in [6.45, 7) is 3.49. The minimum atomic E-state index is -0.125. The molecule has 0 bridgehead atoms. The topological polar surface area (TPSA) is 46.2 Å². The van der Waals surface area contributed by atoms with Crippen molar-refractivity contribution < 1.29 is 9.59 Å². The number of amides is 1. The van der Waals surface area contributed by atoms with E-state index in [1.807, 2.05) is 31.2 Å². The number of ketones is 1. The average Bonchev–Trinajstić information content (AvgIpc) is 2.46. The van der Waals surface area contributed by atoms with E-state index in [1.165, 1.54) is 6.92 Å². The SMILES string of the molecule is CCc1ccccc1C(=O)c1ccc(NC(C)=O)cc1. The largest absolute Gasteiger partial charge is 0.326 e. The first-order valence-corrected chi connectivity index (χ1v) is 6.62. The molecule has 0 saturated carbocycles. The Kier molecular flexibility index (Phi) is 4.31. The van der Waals surface area contributed by atoms with Gasteiger partial charge in [0.25, 0.3) is 0 Å². The van der Waals surface area contributed by atoms with Crippen LogP contribution in [-0.2, 0) is 11.2 Å². The average molecular weight is 267 g/mol. The van der Waals surface area contributed by atoms with Gasteiger partial charge in [-0.05, 0) is 36.2 Å². The van der Waals surface area contributed by atoms with Gasteiger partial charge in [-0.2, -0.15) is 0 Å². The Morgan fingerprint density at radius 3 is 2.25 bits per heavy atom. The van der Waals surface area contributed by atoms with E-state index in [9.17, 15) is 9.59 Å². The van der Waals surface area contributed by atoms with E-state index in [4.69, 9.17) is 0 Å². The molecule has 0 spiro atoms. The van der Waals surface area contributed by atoms with Gasteiger partial charge in [-0.15, -0.1) is 0 Å². The van der Waals surface area contributed by atoms with Crippen LogP contribution in [0.15, 0.2) is 48.5 Å². The monoisotopic (exact) mass is 267 g/mol. The van der Waals surface area contributed by atoms with Crippen molar-refractivity contribution in [2.24, 2.45) is 0 Å². The van der Waals surface area contributed by atoms with Gasteiger partial charge in [0, 0.05) is 23.7 Å². The summed E-state index contributed by atoms with van der Waals surface area (Å²) in [7, 11) is 0. The molecular formula is C17H17NO2. The highest BCUT2D eigenvalue weighted by Crippen LogP contribution is 2.17. The summed E-state index contributed by atoms with van der Waals surface area (Å²) in [6, 6.07) is 14.6. The Balaban J connectivity index is 2.27. The van der Waals surface area contributed by atoms with Crippen molar-refractivity contribution in [3.8, 4) is 0 Å². The van der Waals surface area contributed by atoms with Gasteiger partial charge in [-0.25, -0.2) is 0 Å². The fourth-order valence-corrected chi connectivity index (χ4v) is 2.11. The van der Waals surface area contributed by atoms with Crippen LogP contribution in [0.1, 0.15) is 35.3 Å². The molecule has 2 rings (SSSR count). The number of hydrogen-bond donors (Lipinski definition) is 1. The lowest BCUT2D eigenvalue weighted by molar-refractivity contribution is -0.114. The Bertz CT molecular complexity index is 630. The van der Waals surface area contributed by atoms with Crippen molar-refractivity contribution in [1.82, 2.24) is 0 Å². The third-order valence-electron chi connectivity index (χ3n) is 3.11. The van der Waals surface area contributed by atoms with Gasteiger partial charge >= 0.3 is 0 Å². The van der Waals surface area contributed by atoms with Crippen molar-refractivity contribution in [3.05, 3.63) is 65.2 Å². The highest BCUT2D eigenvalue weighted by molar-refractivity contribution is 6.10. The third-order valence-corrected chi connectivity index (χ3v) is 3.11. The number of benzene rings is 2. The van der Waals surface area contributed by atoms with Crippen molar-refractivity contribution in [2.75, 3.05) is 5.32 Å². The fourth-order valence-electron chi connectivity index (χ4n) is 2.11. The van der Waals surface area contributed by atoms with Crippen LogP contribution in [0.5, 0.6) is 0 Å². The van der Waals surface area contributed by atoms with Gasteiger partial charge in [0.05, 0.1) is 0 Å². The van der Waals surface area contributed by atoms with Crippen LogP contribution in [0.3, 0.4) is 0 Å². The number of carbonyl (C=O) groups excluding carboxylic acids is 2. The lowest BCUT2D eigenvalue weighted by atomic mass is 9.97. The maximum absolute atomic E-state index is 12.5. The van der Waals surface area contributed by atoms with Gasteiger partial charge in [-0.1, -0.05) is 31.2 Å². The van der Waals surface area contributed by atoms with Crippen LogP contribution in [0.25, 0.3) is 0 Å². The molecule has 0 radical (unpaired) electrons. The van der Waals surface area contributed by atoms with Gasteiger partial charge in [0.15, 0.2) is 5.78 Å². The summed E-state index contributed by atoms with van der Waals surface area (Å²) in [5.74, 6) is -0.114. The molecule has 0 fully saturated rings. The zero-order chi connectivity index (χ0) is 14.5. The maximum Gasteiger partial charge on any atom is 0.221 e. The van der Waals surface area contributed by atoms with Gasteiger partial charge in [0.2, 0.25) is 5.91 Å². The molecule has 0 aliphatic rings. The van der Waals surface area contributed by atoms with E-state index < -0.39 is 0 Å². The van der Waals surface area contributed by atoms with Crippen molar-refractivity contribution in [1.29, 1.82) is 0 Å². The van der Waals surface area contributed by atoms with E-state index in [0.29, 0.717) is 11.3 Å². The van der Waals surface area contributed by atoms with Crippen LogP contribution < -0.4 is 5.32 Å². The van der Waals surface area contributed by atoms with Crippen molar-refractivity contribution in [3.63, 3.8) is 0 Å². The third kappa shape index (κ3) is 3.12. The molecule has 1 amide bonds. The second-order valence-electron chi connectivity index (χ2n) is 4.60. The molecule has 0 atom stereocenters. The minimum Gasteiger partial charge on any atom is -0.326 e. The summed E-state index contributed by atoms with van der Waals surface area (Å²) in [5, 5.41) is 2.68. The number of rotatable bonds is 4. The zero-order valence-corrected chi connectivity index (χ0v) is 11.6. The highest BCUT2D eigenvalue weighted by atomic mass is 16.1. The summed E-state index contributed by atoms with van der Waals surface area (Å²) in [4.78, 5) is 23.4. The fraction of sp³-hybridized carbons (Fsp3) is 0.176. The number of anilines is 1. The first kappa shape index (κ1) is 14.0. The number of hydrogen-bond acceptors (Lipinski definition) is 2. The van der Waals surface area contributed by atoms with Crippen LogP contribution >= 0.6 is 0 Å². The highest BCUT2D eigenvalue weighted by Gasteiger charge is 2.12. The quantitative estimate of drug-likeness (QED) is 0.862. The Morgan fingerprint density at radius 1 is 1.00 bits per heavy atom. The molecule has 0 aliphatic heterocycles. The van der Waals surface area contributed by atoms with Crippen LogP contribution in [0, 0.1) is 0 Å². The minimum absolute atomic E-state index is 0.0109. The van der Waals surface area contributed by atoms with Gasteiger partial charge in [0.1, 0.15) is 0 Å². The van der Waals surface area contributed by atoms with Crippen LogP contribution in [0.2, 0.25) is 0 Å². The Hall–Kier alpha value is -2.42. The Morgan fingerprint density at radius 2 is 1.65 bits per heavy atom. The van der Waals surface area contributed by atoms with E-state index >= 15 is 0 Å². The molecule has 0 aromatic heterocycles. The number of carbonyl (C=O) groups is 2. The predicted molar refractivity (Wildman–Crippen MR) is 80.0 cm³/mol. The van der Waals surface area contributed by atoms with Gasteiger partial charge < -0.3 is 5.32 Å². The summed E-state index contributed by atoms with van der Waals surface area (Å²) in [6.07, 6.45) is 0.825. The standard InChI is InChI=1S/C17H17NO2/c1-3-13-6-4-5-7-16(13)17(20)14-8-10-15(11-9-14)18-12(2)19/h4-11H,3H2,1-2H3,(H,18,19). The molecule has 1 N–H and O–H groups in total. The molecule has 20 heavy (non-hydrogen) atoms. The second-order valence-corrected chi connectivity index (χ2v) is 4.60. The van der Waals surface area contributed by atoms with Crippen LogP contribution in [-0.4, -0.2) is 11.7 Å². The van der Waals surface area contributed by atoms with E-state index in [2.05, 4.69) is 5.32 Å². The summed E-state index contributed by atoms with van der Waals surface area (Å²) >= 11 is 0. The predicted octanol–water partition coefficient (Wildman–Crippen LogP) is 3.44. The number of aryl methyl sites for hydroxylation is 1. The molecule has 0 unspecified atom stereocenters. The van der Waals surface area contributed by atoms with E-state index in [0.717, 1.165) is 17.5 Å². The van der Waals surface area contributed by atoms with Crippen molar-refractivity contribution >= 4 is 17.4 Å². The summed E-state index contributed by atoms with van der Waals surface area (Å²) in [5.41, 5.74) is 3.10. The molecule has 3 heteroatoms. The van der Waals surface area contributed by atoms with E-state index in [1.54, 1.807) is 24.3 Å². The molecular weight excluding hydrogens is 250 g/mol. The first-order valence-electron chi connectivity index (χ1n) is 6.62. The molecule has 3 nitrogen and oxygen atoms in total. The zero-order valence-electron chi connectivity index (χ0n) is 11.6. The van der Waals surface area contributed by atoms with Crippen LogP contribution in [0.4, 0.5) is 5.69 Å². The first-order chi connectivity index (χ1) is 9.61. The maximum atomic E-state index is 12.5. The molecule has 0 heterocycles. The lowest BCUT2D eigenvalue weighted by Gasteiger charge is -2.07. The lowest BCUT2D eigenvalue weighted by Crippen LogP contribution is -2.07. The molecule has 2 aromatic carbocycles. The smallest absolute Gasteiger partial charge is 0.221 e. The second kappa shape index (κ2) is 6.15. The van der Waals surface area contributed by atoms with E-state index in [-0.39, 0.29) is 11.7 Å². The summed E-state index contributed by atoms with van der Waals surface area (Å²) < 4.78 is 0. The normalized spacial score (nSPS) is 10.1. The number of nitrogens with one attached hydrogen (secondary N) is 1. The molecule has 2 aromatic rings. The molecule has 0 aliphatic carbocycles. The molecule has 102 valence electrons. The van der Waals surface area contributed by atoms with Gasteiger partial charge in [-0.3, -0.25) is 9.59 Å². The van der Waals surface area contributed by atoms with Crippen molar-refractivity contribution in [2.45, 2.75) is 20.3 Å². The Labute approximate surface area is 118 Å².